The third-order valence-electron chi connectivity index (χ3n) is 5.74. The molecule has 1 N–H and O–H groups in total. The average molecular weight is 371 g/mol. The number of benzene rings is 1. The molecule has 1 aromatic carbocycles. The van der Waals surface area contributed by atoms with Gasteiger partial charge in [0, 0.05) is 19.5 Å². The smallest absolute Gasteiger partial charge is 0.325 e. The van der Waals surface area contributed by atoms with Gasteiger partial charge in [-0.15, -0.1) is 0 Å². The van der Waals surface area contributed by atoms with Crippen LogP contribution in [-0.2, 0) is 27.2 Å². The summed E-state index contributed by atoms with van der Waals surface area (Å²) in [5.41, 5.74) is 1.38. The minimum absolute atomic E-state index is 0.0537. The Balaban J connectivity index is 1.48. The molecule has 2 aliphatic heterocycles. The largest absolute Gasteiger partial charge is 0.372 e. The summed E-state index contributed by atoms with van der Waals surface area (Å²) in [6.07, 6.45) is 1.67. The molecule has 1 spiro atoms. The number of nitrogens with one attached hydrogen (secondary N) is 1. The number of ether oxygens (including phenoxy) is 1. The van der Waals surface area contributed by atoms with Crippen LogP contribution in [0.1, 0.15) is 31.4 Å². The highest BCUT2D eigenvalue weighted by Crippen LogP contribution is 2.33. The Morgan fingerprint density at radius 2 is 1.85 bits per heavy atom. The minimum atomic E-state index is -0.919. The Bertz CT molecular complexity index is 785. The molecule has 1 aliphatic carbocycles. The maximum atomic E-state index is 13.1. The maximum Gasteiger partial charge on any atom is 0.325 e. The van der Waals surface area contributed by atoms with E-state index in [0.717, 1.165) is 16.9 Å². The van der Waals surface area contributed by atoms with E-state index >= 15 is 0 Å². The van der Waals surface area contributed by atoms with Gasteiger partial charge in [-0.25, -0.2) is 4.79 Å². The Morgan fingerprint density at radius 1 is 1.19 bits per heavy atom. The Morgan fingerprint density at radius 3 is 2.56 bits per heavy atom. The number of rotatable bonds is 2. The molecule has 2 fully saturated rings. The van der Waals surface area contributed by atoms with E-state index in [4.69, 9.17) is 4.74 Å². The first kappa shape index (κ1) is 18.0. The number of urea groups is 1. The van der Waals surface area contributed by atoms with Crippen LogP contribution in [0.4, 0.5) is 4.79 Å². The third kappa shape index (κ3) is 3.20. The molecule has 2 saturated heterocycles. The number of carbonyl (C=O) groups excluding carboxylic acids is 3. The van der Waals surface area contributed by atoms with Crippen molar-refractivity contribution in [2.45, 2.75) is 50.9 Å². The standard InChI is InChI=1S/C20H25N3O4/c1-13-10-22(11-14(2)27-13)17(24)12-23-18(25)20(21-19(23)26)8-7-15-5-3-4-6-16(15)9-20/h3-6,13-14H,7-12H2,1-2H3,(H,21,26)/t13-,14+,20-/m0/s1. The molecule has 0 unspecified atom stereocenters. The Labute approximate surface area is 158 Å². The van der Waals surface area contributed by atoms with Crippen molar-refractivity contribution >= 4 is 17.8 Å². The number of amides is 4. The molecule has 0 radical (unpaired) electrons. The Kier molecular flexibility index (Phi) is 4.42. The van der Waals surface area contributed by atoms with Gasteiger partial charge in [0.2, 0.25) is 5.91 Å². The molecular weight excluding hydrogens is 346 g/mol. The van der Waals surface area contributed by atoms with Crippen molar-refractivity contribution in [3.63, 3.8) is 0 Å². The predicted molar refractivity (Wildman–Crippen MR) is 98.0 cm³/mol. The van der Waals surface area contributed by atoms with Crippen molar-refractivity contribution in [1.29, 1.82) is 0 Å². The van der Waals surface area contributed by atoms with Crippen molar-refractivity contribution in [3.8, 4) is 0 Å². The monoisotopic (exact) mass is 371 g/mol. The summed E-state index contributed by atoms with van der Waals surface area (Å²) < 4.78 is 5.65. The summed E-state index contributed by atoms with van der Waals surface area (Å²) in [4.78, 5) is 41.1. The van der Waals surface area contributed by atoms with Crippen LogP contribution in [0.5, 0.6) is 0 Å². The van der Waals surface area contributed by atoms with Crippen molar-refractivity contribution in [1.82, 2.24) is 15.1 Å². The zero-order chi connectivity index (χ0) is 19.2. The summed E-state index contributed by atoms with van der Waals surface area (Å²) in [5, 5.41) is 2.88. The normalized spacial score (nSPS) is 30.4. The van der Waals surface area contributed by atoms with Crippen LogP contribution in [-0.4, -0.2) is 65.0 Å². The second-order valence-corrected chi connectivity index (χ2v) is 7.91. The van der Waals surface area contributed by atoms with Gasteiger partial charge < -0.3 is 15.0 Å². The summed E-state index contributed by atoms with van der Waals surface area (Å²) in [5.74, 6) is -0.501. The number of fused-ring (bicyclic) bond motifs is 1. The van der Waals surface area contributed by atoms with Crippen molar-refractivity contribution < 1.29 is 19.1 Å². The lowest BCUT2D eigenvalue weighted by Crippen LogP contribution is -2.53. The number of carbonyl (C=O) groups is 3. The van der Waals surface area contributed by atoms with E-state index in [1.165, 1.54) is 5.56 Å². The number of nitrogens with zero attached hydrogens (tertiary/aromatic N) is 2. The van der Waals surface area contributed by atoms with E-state index in [9.17, 15) is 14.4 Å². The summed E-state index contributed by atoms with van der Waals surface area (Å²) in [6.45, 7) is 4.57. The quantitative estimate of drug-likeness (QED) is 0.790. The molecule has 3 aliphatic rings. The highest BCUT2D eigenvalue weighted by molar-refractivity contribution is 6.09. The molecule has 0 saturated carbocycles. The maximum absolute atomic E-state index is 13.1. The van der Waals surface area contributed by atoms with Gasteiger partial charge in [0.25, 0.3) is 5.91 Å². The molecule has 27 heavy (non-hydrogen) atoms. The molecule has 2 heterocycles. The fraction of sp³-hybridized carbons (Fsp3) is 0.550. The average Bonchev–Trinajstić information content (AvgIpc) is 2.85. The SMILES string of the molecule is C[C@@H]1CN(C(=O)CN2C(=O)N[C@]3(CCc4ccccc4C3)C2=O)C[C@H](C)O1. The van der Waals surface area contributed by atoms with Gasteiger partial charge in [-0.05, 0) is 37.8 Å². The molecule has 7 heteroatoms. The predicted octanol–water partition coefficient (Wildman–Crippen LogP) is 1.10. The second-order valence-electron chi connectivity index (χ2n) is 7.91. The van der Waals surface area contributed by atoms with Gasteiger partial charge >= 0.3 is 6.03 Å². The molecule has 0 bridgehead atoms. The van der Waals surface area contributed by atoms with Crippen LogP contribution in [0.2, 0.25) is 0 Å². The van der Waals surface area contributed by atoms with E-state index in [1.54, 1.807) is 4.90 Å². The number of imide groups is 1. The van der Waals surface area contributed by atoms with E-state index in [1.807, 2.05) is 32.0 Å². The number of morpholine rings is 1. The highest BCUT2D eigenvalue weighted by atomic mass is 16.5. The van der Waals surface area contributed by atoms with Crippen molar-refractivity contribution in [2.24, 2.45) is 0 Å². The lowest BCUT2D eigenvalue weighted by molar-refractivity contribution is -0.146. The topological polar surface area (TPSA) is 79.0 Å². The highest BCUT2D eigenvalue weighted by Gasteiger charge is 2.52. The van der Waals surface area contributed by atoms with Crippen LogP contribution in [0.25, 0.3) is 0 Å². The second kappa shape index (κ2) is 6.64. The molecule has 1 aromatic rings. The van der Waals surface area contributed by atoms with Crippen molar-refractivity contribution in [2.75, 3.05) is 19.6 Å². The molecule has 3 atom stereocenters. The summed E-state index contributed by atoms with van der Waals surface area (Å²) >= 11 is 0. The van der Waals surface area contributed by atoms with E-state index < -0.39 is 11.6 Å². The number of hydrogen-bond acceptors (Lipinski definition) is 4. The first-order valence-corrected chi connectivity index (χ1v) is 9.52. The Hall–Kier alpha value is -2.41. The molecular formula is C20H25N3O4. The van der Waals surface area contributed by atoms with Gasteiger partial charge in [0.15, 0.2) is 0 Å². The summed E-state index contributed by atoms with van der Waals surface area (Å²) in [7, 11) is 0. The molecule has 4 rings (SSSR count). The molecule has 4 amide bonds. The lowest BCUT2D eigenvalue weighted by atomic mass is 9.78. The first-order chi connectivity index (χ1) is 12.9. The zero-order valence-corrected chi connectivity index (χ0v) is 15.7. The van der Waals surface area contributed by atoms with Gasteiger partial charge in [-0.2, -0.15) is 0 Å². The van der Waals surface area contributed by atoms with Crippen LogP contribution in [0, 0.1) is 0 Å². The van der Waals surface area contributed by atoms with Crippen LogP contribution in [0.3, 0.4) is 0 Å². The van der Waals surface area contributed by atoms with Crippen LogP contribution >= 0.6 is 0 Å². The van der Waals surface area contributed by atoms with Crippen LogP contribution < -0.4 is 5.32 Å². The van der Waals surface area contributed by atoms with Gasteiger partial charge in [-0.3, -0.25) is 14.5 Å². The van der Waals surface area contributed by atoms with Gasteiger partial charge in [-0.1, -0.05) is 24.3 Å². The van der Waals surface area contributed by atoms with Gasteiger partial charge in [0.1, 0.15) is 12.1 Å². The lowest BCUT2D eigenvalue weighted by Gasteiger charge is -2.36. The molecule has 144 valence electrons. The molecule has 0 aromatic heterocycles. The first-order valence-electron chi connectivity index (χ1n) is 9.52. The van der Waals surface area contributed by atoms with Crippen LogP contribution in [0.15, 0.2) is 24.3 Å². The van der Waals surface area contributed by atoms with E-state index in [-0.39, 0.29) is 30.6 Å². The van der Waals surface area contributed by atoms with E-state index in [0.29, 0.717) is 25.9 Å². The van der Waals surface area contributed by atoms with Gasteiger partial charge in [0.05, 0.1) is 12.2 Å². The van der Waals surface area contributed by atoms with Crippen molar-refractivity contribution in [3.05, 3.63) is 35.4 Å². The molecule has 7 nitrogen and oxygen atoms in total. The fourth-order valence-electron chi connectivity index (χ4n) is 4.46. The summed E-state index contributed by atoms with van der Waals surface area (Å²) in [6, 6.07) is 7.52. The number of hydrogen-bond donors (Lipinski definition) is 1. The van der Waals surface area contributed by atoms with E-state index in [2.05, 4.69) is 11.4 Å². The number of aryl methyl sites for hydroxylation is 1. The zero-order valence-electron chi connectivity index (χ0n) is 15.7. The third-order valence-corrected chi connectivity index (χ3v) is 5.74. The fourth-order valence-corrected chi connectivity index (χ4v) is 4.46. The minimum Gasteiger partial charge on any atom is -0.372 e.